The maximum atomic E-state index is 4.32. The fourth-order valence-corrected chi connectivity index (χ4v) is 2.80. The lowest BCUT2D eigenvalue weighted by molar-refractivity contribution is 0.133. The first kappa shape index (κ1) is 13.8. The van der Waals surface area contributed by atoms with Gasteiger partial charge in [0.25, 0.3) is 0 Å². The Bertz CT molecular complexity index is 432. The number of aromatic nitrogens is 2. The van der Waals surface area contributed by atoms with Crippen molar-refractivity contribution in [1.29, 1.82) is 0 Å². The lowest BCUT2D eigenvalue weighted by Gasteiger charge is -2.34. The number of nitrogens with one attached hydrogen (secondary N) is 1. The highest BCUT2D eigenvalue weighted by atomic mass is 15.3. The third-order valence-electron chi connectivity index (χ3n) is 4.51. The van der Waals surface area contributed by atoms with E-state index in [1.165, 1.54) is 45.6 Å². The predicted molar refractivity (Wildman–Crippen MR) is 80.9 cm³/mol. The van der Waals surface area contributed by atoms with Gasteiger partial charge in [-0.2, -0.15) is 0 Å². The molecule has 1 aliphatic carbocycles. The maximum Gasteiger partial charge on any atom is 0.222 e. The summed E-state index contributed by atoms with van der Waals surface area (Å²) in [6, 6.07) is 0. The molecule has 1 aromatic heterocycles. The molecule has 0 atom stereocenters. The monoisotopic (exact) mass is 275 g/mol. The van der Waals surface area contributed by atoms with E-state index in [9.17, 15) is 0 Å². The largest absolute Gasteiger partial charge is 0.354 e. The molecule has 0 amide bonds. The van der Waals surface area contributed by atoms with E-state index in [1.54, 1.807) is 0 Å². The third kappa shape index (κ3) is 3.46. The van der Waals surface area contributed by atoms with E-state index >= 15 is 0 Å². The number of piperazine rings is 1. The molecule has 2 heterocycles. The molecule has 1 N–H and O–H groups in total. The predicted octanol–water partition coefficient (Wildman–Crippen LogP) is 1.22. The maximum absolute atomic E-state index is 4.32. The summed E-state index contributed by atoms with van der Waals surface area (Å²) in [7, 11) is 2.21. The van der Waals surface area contributed by atoms with Gasteiger partial charge in [-0.1, -0.05) is 0 Å². The molecule has 5 heteroatoms. The summed E-state index contributed by atoms with van der Waals surface area (Å²) < 4.78 is 0. The molecule has 3 rings (SSSR count). The Hall–Kier alpha value is -1.20. The van der Waals surface area contributed by atoms with E-state index in [1.807, 2.05) is 19.3 Å². The molecule has 110 valence electrons. The lowest BCUT2D eigenvalue weighted by Crippen LogP contribution is -2.47. The van der Waals surface area contributed by atoms with Crippen LogP contribution in [0.5, 0.6) is 0 Å². The highest BCUT2D eigenvalue weighted by Crippen LogP contribution is 2.46. The van der Waals surface area contributed by atoms with Crippen molar-refractivity contribution in [2.45, 2.75) is 19.8 Å². The van der Waals surface area contributed by atoms with Crippen molar-refractivity contribution in [3.05, 3.63) is 18.0 Å². The number of anilines is 1. The molecular formula is C15H25N5. The lowest BCUT2D eigenvalue weighted by atomic mass is 10.1. The van der Waals surface area contributed by atoms with Gasteiger partial charge in [-0.25, -0.2) is 9.97 Å². The Labute approximate surface area is 121 Å². The molecule has 0 aromatic carbocycles. The van der Waals surface area contributed by atoms with Crippen LogP contribution in [0.15, 0.2) is 12.4 Å². The molecule has 1 saturated carbocycles. The Morgan fingerprint density at radius 2 is 1.80 bits per heavy atom. The van der Waals surface area contributed by atoms with E-state index in [0.29, 0.717) is 5.41 Å². The van der Waals surface area contributed by atoms with Gasteiger partial charge in [-0.15, -0.1) is 0 Å². The van der Waals surface area contributed by atoms with Gasteiger partial charge < -0.3 is 15.1 Å². The SMILES string of the molecule is Cc1cnc(NCC2(CN3CCN(C)CC3)CC2)nc1. The van der Waals surface area contributed by atoms with Gasteiger partial charge in [-0.3, -0.25) is 0 Å². The highest BCUT2D eigenvalue weighted by molar-refractivity contribution is 5.26. The van der Waals surface area contributed by atoms with Crippen molar-refractivity contribution in [3.8, 4) is 0 Å². The molecule has 0 bridgehead atoms. The average Bonchev–Trinajstić information content (AvgIpc) is 3.21. The summed E-state index contributed by atoms with van der Waals surface area (Å²) in [4.78, 5) is 13.7. The third-order valence-corrected chi connectivity index (χ3v) is 4.51. The van der Waals surface area contributed by atoms with Gasteiger partial charge in [0.15, 0.2) is 0 Å². The van der Waals surface area contributed by atoms with Crippen LogP contribution in [0.4, 0.5) is 5.95 Å². The Kier molecular flexibility index (Phi) is 3.89. The molecule has 2 aliphatic rings. The number of rotatable bonds is 5. The fraction of sp³-hybridized carbons (Fsp3) is 0.733. The Morgan fingerprint density at radius 3 is 2.40 bits per heavy atom. The summed E-state index contributed by atoms with van der Waals surface area (Å²) in [5, 5.41) is 3.41. The first-order chi connectivity index (χ1) is 9.65. The zero-order valence-corrected chi connectivity index (χ0v) is 12.6. The van der Waals surface area contributed by atoms with Crippen LogP contribution in [-0.4, -0.2) is 66.1 Å². The molecule has 2 fully saturated rings. The highest BCUT2D eigenvalue weighted by Gasteiger charge is 2.43. The molecule has 1 saturated heterocycles. The summed E-state index contributed by atoms with van der Waals surface area (Å²) >= 11 is 0. The van der Waals surface area contributed by atoms with E-state index in [0.717, 1.165) is 18.1 Å². The van der Waals surface area contributed by atoms with Crippen molar-refractivity contribution < 1.29 is 0 Å². The number of aryl methyl sites for hydroxylation is 1. The van der Waals surface area contributed by atoms with Gasteiger partial charge >= 0.3 is 0 Å². The minimum Gasteiger partial charge on any atom is -0.354 e. The van der Waals surface area contributed by atoms with Gasteiger partial charge in [0.2, 0.25) is 5.95 Å². The van der Waals surface area contributed by atoms with Crippen molar-refractivity contribution >= 4 is 5.95 Å². The number of likely N-dealkylation sites (N-methyl/N-ethyl adjacent to an activating group) is 1. The van der Waals surface area contributed by atoms with Crippen LogP contribution in [0.3, 0.4) is 0 Å². The van der Waals surface area contributed by atoms with Crippen molar-refractivity contribution in [2.75, 3.05) is 51.6 Å². The van der Waals surface area contributed by atoms with Crippen LogP contribution < -0.4 is 5.32 Å². The second kappa shape index (κ2) is 5.66. The topological polar surface area (TPSA) is 44.3 Å². The normalized spacial score (nSPS) is 22.7. The fourth-order valence-electron chi connectivity index (χ4n) is 2.80. The van der Waals surface area contributed by atoms with Crippen LogP contribution in [0.25, 0.3) is 0 Å². The summed E-state index contributed by atoms with van der Waals surface area (Å²) in [5.74, 6) is 0.764. The molecule has 5 nitrogen and oxygen atoms in total. The van der Waals surface area contributed by atoms with Gasteiger partial charge in [0, 0.05) is 57.1 Å². The zero-order valence-electron chi connectivity index (χ0n) is 12.6. The standard InChI is InChI=1S/C15H25N5/c1-13-9-16-14(17-10-13)18-11-15(3-4-15)12-20-7-5-19(2)6-8-20/h9-10H,3-8,11-12H2,1-2H3,(H,16,17,18). The van der Waals surface area contributed by atoms with E-state index in [-0.39, 0.29) is 0 Å². The summed E-state index contributed by atoms with van der Waals surface area (Å²) in [5.41, 5.74) is 1.57. The number of hydrogen-bond donors (Lipinski definition) is 1. The average molecular weight is 275 g/mol. The zero-order chi connectivity index (χ0) is 14.0. The van der Waals surface area contributed by atoms with Gasteiger partial charge in [0.1, 0.15) is 0 Å². The minimum atomic E-state index is 0.462. The van der Waals surface area contributed by atoms with Crippen molar-refractivity contribution in [1.82, 2.24) is 19.8 Å². The molecule has 0 spiro atoms. The van der Waals surface area contributed by atoms with Crippen molar-refractivity contribution in [2.24, 2.45) is 5.41 Å². The van der Waals surface area contributed by atoms with Crippen LogP contribution in [0.1, 0.15) is 18.4 Å². The number of nitrogens with zero attached hydrogens (tertiary/aromatic N) is 4. The summed E-state index contributed by atoms with van der Waals surface area (Å²) in [6.07, 6.45) is 6.40. The van der Waals surface area contributed by atoms with Crippen LogP contribution in [0.2, 0.25) is 0 Å². The molecular weight excluding hydrogens is 250 g/mol. The van der Waals surface area contributed by atoms with Crippen molar-refractivity contribution in [3.63, 3.8) is 0 Å². The Morgan fingerprint density at radius 1 is 1.15 bits per heavy atom. The quantitative estimate of drug-likeness (QED) is 0.875. The second-order valence-electron chi connectivity index (χ2n) is 6.52. The molecule has 1 aliphatic heterocycles. The molecule has 20 heavy (non-hydrogen) atoms. The molecule has 0 unspecified atom stereocenters. The number of hydrogen-bond acceptors (Lipinski definition) is 5. The van der Waals surface area contributed by atoms with E-state index in [4.69, 9.17) is 0 Å². The first-order valence-corrected chi connectivity index (χ1v) is 7.59. The van der Waals surface area contributed by atoms with E-state index in [2.05, 4.69) is 32.1 Å². The van der Waals surface area contributed by atoms with E-state index < -0.39 is 0 Å². The van der Waals surface area contributed by atoms with Crippen LogP contribution >= 0.6 is 0 Å². The molecule has 1 aromatic rings. The second-order valence-corrected chi connectivity index (χ2v) is 6.52. The summed E-state index contributed by atoms with van der Waals surface area (Å²) in [6.45, 7) is 9.05. The molecule has 0 radical (unpaired) electrons. The van der Waals surface area contributed by atoms with Gasteiger partial charge in [0.05, 0.1) is 0 Å². The van der Waals surface area contributed by atoms with Gasteiger partial charge in [-0.05, 0) is 32.4 Å². The van der Waals surface area contributed by atoms with Crippen LogP contribution in [0, 0.1) is 12.3 Å². The van der Waals surface area contributed by atoms with Crippen LogP contribution in [-0.2, 0) is 0 Å². The smallest absolute Gasteiger partial charge is 0.222 e. The minimum absolute atomic E-state index is 0.462. The first-order valence-electron chi connectivity index (χ1n) is 7.59. The Balaban J connectivity index is 1.48.